The van der Waals surface area contributed by atoms with Gasteiger partial charge in [-0.2, -0.15) is 0 Å². The van der Waals surface area contributed by atoms with Crippen LogP contribution in [-0.2, 0) is 25.5 Å². The number of unbranched alkanes of at least 4 members (excludes halogenated alkanes) is 1. The number of rotatable bonds is 8. The molecule has 2 N–H and O–H groups in total. The Morgan fingerprint density at radius 2 is 1.86 bits per heavy atom. The highest BCUT2D eigenvalue weighted by atomic mass is 16.5. The van der Waals surface area contributed by atoms with Crippen LogP contribution in [0.15, 0.2) is 36.4 Å². The number of anilines is 1. The molecular formula is C16H21NO4. The van der Waals surface area contributed by atoms with Crippen molar-refractivity contribution in [3.63, 3.8) is 0 Å². The van der Waals surface area contributed by atoms with Crippen LogP contribution < -0.4 is 5.73 Å². The molecule has 5 nitrogen and oxygen atoms in total. The third-order valence-electron chi connectivity index (χ3n) is 2.68. The Morgan fingerprint density at radius 1 is 1.19 bits per heavy atom. The first kappa shape index (κ1) is 16.8. The number of nitrogens with two attached hydrogens (primary N) is 1. The Labute approximate surface area is 124 Å². The van der Waals surface area contributed by atoms with Crippen molar-refractivity contribution in [3.05, 3.63) is 42.0 Å². The van der Waals surface area contributed by atoms with E-state index in [1.807, 2.05) is 6.07 Å². The topological polar surface area (TPSA) is 78.6 Å². The molecule has 0 fully saturated rings. The van der Waals surface area contributed by atoms with Crippen LogP contribution in [0, 0.1) is 0 Å². The zero-order chi connectivity index (χ0) is 15.7. The van der Waals surface area contributed by atoms with E-state index >= 15 is 0 Å². The van der Waals surface area contributed by atoms with Gasteiger partial charge < -0.3 is 15.2 Å². The summed E-state index contributed by atoms with van der Waals surface area (Å²) < 4.78 is 10.0. The van der Waals surface area contributed by atoms with Crippen LogP contribution in [0.3, 0.4) is 0 Å². The molecule has 5 heteroatoms. The first-order valence-corrected chi connectivity index (χ1v) is 6.81. The highest BCUT2D eigenvalue weighted by Gasteiger charge is 2.05. The lowest BCUT2D eigenvalue weighted by Gasteiger charge is -2.06. The zero-order valence-electron chi connectivity index (χ0n) is 12.3. The fraction of sp³-hybridized carbons (Fsp3) is 0.375. The van der Waals surface area contributed by atoms with Gasteiger partial charge in [0.15, 0.2) is 0 Å². The first-order valence-electron chi connectivity index (χ1n) is 6.81. The van der Waals surface area contributed by atoms with Crippen molar-refractivity contribution in [1.82, 2.24) is 0 Å². The van der Waals surface area contributed by atoms with Gasteiger partial charge in [0.1, 0.15) is 0 Å². The molecule has 0 radical (unpaired) electrons. The van der Waals surface area contributed by atoms with Crippen molar-refractivity contribution in [1.29, 1.82) is 0 Å². The molecule has 0 aliphatic heterocycles. The van der Waals surface area contributed by atoms with Gasteiger partial charge in [0.05, 0.1) is 19.6 Å². The number of ether oxygens (including phenoxy) is 2. The predicted octanol–water partition coefficient (Wildman–Crippen LogP) is 2.25. The Bertz CT molecular complexity index is 511. The molecule has 0 saturated heterocycles. The molecule has 1 aromatic rings. The second-order valence-corrected chi connectivity index (χ2v) is 4.77. The summed E-state index contributed by atoms with van der Waals surface area (Å²) in [5.74, 6) is -0.687. The van der Waals surface area contributed by atoms with Crippen molar-refractivity contribution in [2.75, 3.05) is 18.9 Å². The monoisotopic (exact) mass is 291 g/mol. The van der Waals surface area contributed by atoms with Gasteiger partial charge in [-0.1, -0.05) is 18.7 Å². The standard InChI is InChI=1S/C16H21NO4/c1-12(2)16(19)21-9-4-3-8-20-15(18)11-13-6-5-7-14(17)10-13/h5-7,10H,1,3-4,8-9,11,17H2,2H3. The summed E-state index contributed by atoms with van der Waals surface area (Å²) in [6.07, 6.45) is 1.49. The highest BCUT2D eigenvalue weighted by molar-refractivity contribution is 5.86. The largest absolute Gasteiger partial charge is 0.465 e. The maximum atomic E-state index is 11.6. The fourth-order valence-corrected chi connectivity index (χ4v) is 1.60. The first-order chi connectivity index (χ1) is 9.99. The van der Waals surface area contributed by atoms with Gasteiger partial charge in [0.25, 0.3) is 0 Å². The van der Waals surface area contributed by atoms with Crippen molar-refractivity contribution in [2.45, 2.75) is 26.2 Å². The van der Waals surface area contributed by atoms with Gasteiger partial charge in [-0.15, -0.1) is 0 Å². The summed E-state index contributed by atoms with van der Waals surface area (Å²) in [7, 11) is 0. The van der Waals surface area contributed by atoms with E-state index in [2.05, 4.69) is 6.58 Å². The van der Waals surface area contributed by atoms with E-state index in [-0.39, 0.29) is 12.4 Å². The molecule has 0 saturated carbocycles. The molecule has 114 valence electrons. The average Bonchev–Trinajstić information content (AvgIpc) is 2.42. The Morgan fingerprint density at radius 3 is 2.48 bits per heavy atom. The van der Waals surface area contributed by atoms with Crippen LogP contribution in [0.25, 0.3) is 0 Å². The molecule has 21 heavy (non-hydrogen) atoms. The fourth-order valence-electron chi connectivity index (χ4n) is 1.60. The Hall–Kier alpha value is -2.30. The minimum Gasteiger partial charge on any atom is -0.465 e. The van der Waals surface area contributed by atoms with E-state index in [9.17, 15) is 9.59 Å². The smallest absolute Gasteiger partial charge is 0.333 e. The van der Waals surface area contributed by atoms with Gasteiger partial charge in [-0.05, 0) is 37.5 Å². The molecule has 0 heterocycles. The van der Waals surface area contributed by atoms with Crippen LogP contribution in [0.2, 0.25) is 0 Å². The van der Waals surface area contributed by atoms with E-state index in [1.165, 1.54) is 0 Å². The van der Waals surface area contributed by atoms with Crippen molar-refractivity contribution < 1.29 is 19.1 Å². The molecule has 1 aromatic carbocycles. The maximum Gasteiger partial charge on any atom is 0.333 e. The zero-order valence-corrected chi connectivity index (χ0v) is 12.3. The SMILES string of the molecule is C=C(C)C(=O)OCCCCOC(=O)Cc1cccc(N)c1. The number of carbonyl (C=O) groups is 2. The number of carbonyl (C=O) groups excluding carboxylic acids is 2. The average molecular weight is 291 g/mol. The molecule has 0 atom stereocenters. The summed E-state index contributed by atoms with van der Waals surface area (Å²) in [5.41, 5.74) is 7.47. The lowest BCUT2D eigenvalue weighted by molar-refractivity contribution is -0.144. The maximum absolute atomic E-state index is 11.6. The van der Waals surface area contributed by atoms with Crippen LogP contribution in [0.1, 0.15) is 25.3 Å². The van der Waals surface area contributed by atoms with Gasteiger partial charge >= 0.3 is 11.9 Å². The second kappa shape index (κ2) is 8.79. The van der Waals surface area contributed by atoms with Crippen molar-refractivity contribution in [3.8, 4) is 0 Å². The minimum absolute atomic E-state index is 0.204. The Kier molecular flexibility index (Phi) is 7.01. The summed E-state index contributed by atoms with van der Waals surface area (Å²) in [4.78, 5) is 22.7. The van der Waals surface area contributed by atoms with Crippen LogP contribution in [0.5, 0.6) is 0 Å². The number of benzene rings is 1. The molecule has 0 amide bonds. The number of nitrogen functional groups attached to an aromatic ring is 1. The molecule has 0 aliphatic carbocycles. The quantitative estimate of drug-likeness (QED) is 0.344. The van der Waals surface area contributed by atoms with Crippen molar-refractivity contribution >= 4 is 17.6 Å². The summed E-state index contributed by atoms with van der Waals surface area (Å²) in [6, 6.07) is 7.14. The number of hydrogen-bond acceptors (Lipinski definition) is 5. The van der Waals surface area contributed by atoms with E-state index < -0.39 is 5.97 Å². The summed E-state index contributed by atoms with van der Waals surface area (Å²) in [6.45, 7) is 5.70. The molecule has 0 aliphatic rings. The van der Waals surface area contributed by atoms with Crippen LogP contribution >= 0.6 is 0 Å². The third-order valence-corrected chi connectivity index (χ3v) is 2.68. The normalized spacial score (nSPS) is 9.95. The van der Waals surface area contributed by atoms with Crippen LogP contribution in [-0.4, -0.2) is 25.2 Å². The summed E-state index contributed by atoms with van der Waals surface area (Å²) >= 11 is 0. The summed E-state index contributed by atoms with van der Waals surface area (Å²) in [5, 5.41) is 0. The molecular weight excluding hydrogens is 270 g/mol. The highest BCUT2D eigenvalue weighted by Crippen LogP contribution is 2.08. The van der Waals surface area contributed by atoms with Crippen LogP contribution in [0.4, 0.5) is 5.69 Å². The lowest BCUT2D eigenvalue weighted by atomic mass is 10.1. The number of esters is 2. The van der Waals surface area contributed by atoms with E-state index in [1.54, 1.807) is 25.1 Å². The van der Waals surface area contributed by atoms with E-state index in [0.29, 0.717) is 37.3 Å². The van der Waals surface area contributed by atoms with Gasteiger partial charge in [-0.25, -0.2) is 4.79 Å². The second-order valence-electron chi connectivity index (χ2n) is 4.77. The van der Waals surface area contributed by atoms with E-state index in [4.69, 9.17) is 15.2 Å². The Balaban J connectivity index is 2.11. The minimum atomic E-state index is -0.395. The molecule has 0 unspecified atom stereocenters. The van der Waals surface area contributed by atoms with Crippen molar-refractivity contribution in [2.24, 2.45) is 0 Å². The van der Waals surface area contributed by atoms with Gasteiger partial charge in [0.2, 0.25) is 0 Å². The molecule has 1 rings (SSSR count). The van der Waals surface area contributed by atoms with Gasteiger partial charge in [0, 0.05) is 11.3 Å². The molecule has 0 bridgehead atoms. The van der Waals surface area contributed by atoms with Gasteiger partial charge in [-0.3, -0.25) is 4.79 Å². The lowest BCUT2D eigenvalue weighted by Crippen LogP contribution is -2.11. The third kappa shape index (κ3) is 7.15. The number of hydrogen-bond donors (Lipinski definition) is 1. The van der Waals surface area contributed by atoms with E-state index in [0.717, 1.165) is 5.56 Å². The predicted molar refractivity (Wildman–Crippen MR) is 80.5 cm³/mol. The molecule has 0 spiro atoms. The molecule has 0 aromatic heterocycles.